The largest absolute Gasteiger partial charge is 0.434 e. The first-order chi connectivity index (χ1) is 13.5. The zero-order valence-corrected chi connectivity index (χ0v) is 14.9. The average Bonchev–Trinajstić information content (AvgIpc) is 3.31. The van der Waals surface area contributed by atoms with Crippen LogP contribution in [0.25, 0.3) is 0 Å². The van der Waals surface area contributed by atoms with E-state index in [4.69, 9.17) is 0 Å². The van der Waals surface area contributed by atoms with Crippen molar-refractivity contribution >= 4 is 11.8 Å². The minimum Gasteiger partial charge on any atom is -0.434 e. The highest BCUT2D eigenvalue weighted by Crippen LogP contribution is 2.29. The number of hydrogen-bond acceptors (Lipinski definition) is 5. The number of carbonyl (C=O) groups is 2. The summed E-state index contributed by atoms with van der Waals surface area (Å²) >= 11 is 0. The molecule has 10 heteroatoms. The van der Waals surface area contributed by atoms with Crippen molar-refractivity contribution in [2.45, 2.75) is 31.5 Å². The number of ether oxygens (including phenoxy) is 1. The Kier molecular flexibility index (Phi) is 4.93. The second kappa shape index (κ2) is 7.53. The Balaban J connectivity index is 1.45. The predicted octanol–water partition coefficient (Wildman–Crippen LogP) is 1.57. The Bertz CT molecular complexity index is 855. The standard InChI is InChI=1S/C18H19F2N5O3/c19-18(20)28-15-6-2-1-4-13(15)16(26)24-7-3-5-14(24)17(27)23-8-12(9-23)25-11-21-10-22-25/h1-2,4,6,10-12,14,18H,3,5,7-9H2. The van der Waals surface area contributed by atoms with Crippen molar-refractivity contribution in [3.05, 3.63) is 42.5 Å². The number of nitrogens with zero attached hydrogens (tertiary/aromatic N) is 5. The Hall–Kier alpha value is -3.04. The van der Waals surface area contributed by atoms with E-state index in [1.54, 1.807) is 22.0 Å². The predicted molar refractivity (Wildman–Crippen MR) is 92.8 cm³/mol. The highest BCUT2D eigenvalue weighted by molar-refractivity contribution is 6.00. The number of aromatic nitrogens is 3. The molecule has 3 heterocycles. The van der Waals surface area contributed by atoms with Crippen molar-refractivity contribution < 1.29 is 23.1 Å². The van der Waals surface area contributed by atoms with Crippen molar-refractivity contribution in [3.63, 3.8) is 0 Å². The molecule has 2 aliphatic rings. The van der Waals surface area contributed by atoms with Crippen molar-refractivity contribution in [1.82, 2.24) is 24.6 Å². The molecule has 0 N–H and O–H groups in total. The molecule has 2 aromatic rings. The normalized spacial score (nSPS) is 19.8. The monoisotopic (exact) mass is 391 g/mol. The van der Waals surface area contributed by atoms with Crippen LogP contribution < -0.4 is 4.74 Å². The van der Waals surface area contributed by atoms with Gasteiger partial charge in [0.05, 0.1) is 11.6 Å². The molecule has 4 rings (SSSR count). The number of rotatable bonds is 5. The lowest BCUT2D eigenvalue weighted by Crippen LogP contribution is -2.56. The van der Waals surface area contributed by atoms with E-state index in [1.165, 1.54) is 29.4 Å². The molecule has 1 aromatic heterocycles. The molecule has 1 atom stereocenters. The molecular weight excluding hydrogens is 372 g/mol. The lowest BCUT2D eigenvalue weighted by Gasteiger charge is -2.41. The summed E-state index contributed by atoms with van der Waals surface area (Å²) in [5.74, 6) is -0.786. The number of benzene rings is 1. The van der Waals surface area contributed by atoms with Crippen LogP contribution in [-0.2, 0) is 4.79 Å². The molecule has 148 valence electrons. The first-order valence-electron chi connectivity index (χ1n) is 9.02. The van der Waals surface area contributed by atoms with Gasteiger partial charge >= 0.3 is 6.61 Å². The molecule has 1 unspecified atom stereocenters. The van der Waals surface area contributed by atoms with E-state index in [-0.39, 0.29) is 23.3 Å². The van der Waals surface area contributed by atoms with Gasteiger partial charge in [-0.1, -0.05) is 12.1 Å². The molecule has 2 aliphatic heterocycles. The number of para-hydroxylation sites is 1. The van der Waals surface area contributed by atoms with Crippen molar-refractivity contribution in [3.8, 4) is 5.75 Å². The third-order valence-corrected chi connectivity index (χ3v) is 5.12. The third-order valence-electron chi connectivity index (χ3n) is 5.12. The van der Waals surface area contributed by atoms with Gasteiger partial charge in [0.15, 0.2) is 0 Å². The van der Waals surface area contributed by atoms with Gasteiger partial charge < -0.3 is 14.5 Å². The maximum absolute atomic E-state index is 13.0. The van der Waals surface area contributed by atoms with Gasteiger partial charge in [0.2, 0.25) is 5.91 Å². The van der Waals surface area contributed by atoms with Gasteiger partial charge in [0, 0.05) is 19.6 Å². The highest BCUT2D eigenvalue weighted by atomic mass is 19.3. The van der Waals surface area contributed by atoms with Gasteiger partial charge in [0.1, 0.15) is 24.4 Å². The van der Waals surface area contributed by atoms with Gasteiger partial charge in [-0.3, -0.25) is 9.59 Å². The minimum atomic E-state index is -3.03. The highest BCUT2D eigenvalue weighted by Gasteiger charge is 2.42. The third kappa shape index (κ3) is 3.41. The van der Waals surface area contributed by atoms with E-state index in [0.717, 1.165) is 0 Å². The lowest BCUT2D eigenvalue weighted by atomic mass is 10.1. The second-order valence-corrected chi connectivity index (χ2v) is 6.80. The summed E-state index contributed by atoms with van der Waals surface area (Å²) in [6.45, 7) is -1.62. The summed E-state index contributed by atoms with van der Waals surface area (Å²) < 4.78 is 31.5. The molecule has 0 aliphatic carbocycles. The zero-order chi connectivity index (χ0) is 19.7. The van der Waals surface area contributed by atoms with E-state index < -0.39 is 18.6 Å². The van der Waals surface area contributed by atoms with Gasteiger partial charge in [-0.2, -0.15) is 13.9 Å². The average molecular weight is 391 g/mol. The minimum absolute atomic E-state index is 0.0339. The van der Waals surface area contributed by atoms with E-state index in [9.17, 15) is 18.4 Å². The number of halogens is 2. The second-order valence-electron chi connectivity index (χ2n) is 6.80. The summed E-state index contributed by atoms with van der Waals surface area (Å²) in [6, 6.07) is 5.34. The smallest absolute Gasteiger partial charge is 0.387 e. The molecule has 0 radical (unpaired) electrons. The van der Waals surface area contributed by atoms with Gasteiger partial charge in [-0.05, 0) is 25.0 Å². The fourth-order valence-corrected chi connectivity index (χ4v) is 3.68. The quantitative estimate of drug-likeness (QED) is 0.773. The molecule has 2 fully saturated rings. The number of alkyl halides is 2. The maximum atomic E-state index is 13.0. The van der Waals surface area contributed by atoms with Crippen LogP contribution in [0.3, 0.4) is 0 Å². The van der Waals surface area contributed by atoms with Crippen LogP contribution in [0, 0.1) is 0 Å². The SMILES string of the molecule is O=C(C1CCCN1C(=O)c1ccccc1OC(F)F)N1CC(n2cncn2)C1. The van der Waals surface area contributed by atoms with Crippen LogP contribution in [0.4, 0.5) is 8.78 Å². The van der Waals surface area contributed by atoms with Gasteiger partial charge in [-0.15, -0.1) is 0 Å². The van der Waals surface area contributed by atoms with Crippen molar-refractivity contribution in [2.24, 2.45) is 0 Å². The number of amides is 2. The molecule has 2 amide bonds. The van der Waals surface area contributed by atoms with Gasteiger partial charge in [-0.25, -0.2) is 9.67 Å². The fraction of sp³-hybridized carbons (Fsp3) is 0.444. The van der Waals surface area contributed by atoms with Gasteiger partial charge in [0.25, 0.3) is 5.91 Å². The maximum Gasteiger partial charge on any atom is 0.387 e. The number of likely N-dealkylation sites (tertiary alicyclic amines) is 2. The molecule has 1 aromatic carbocycles. The van der Waals surface area contributed by atoms with Crippen LogP contribution in [0.15, 0.2) is 36.9 Å². The Morgan fingerprint density at radius 3 is 2.71 bits per heavy atom. The molecule has 28 heavy (non-hydrogen) atoms. The first-order valence-corrected chi connectivity index (χ1v) is 9.02. The van der Waals surface area contributed by atoms with E-state index >= 15 is 0 Å². The Labute approximate surface area is 159 Å². The lowest BCUT2D eigenvalue weighted by molar-refractivity contribution is -0.141. The van der Waals surface area contributed by atoms with E-state index in [2.05, 4.69) is 14.8 Å². The number of carbonyl (C=O) groups excluding carboxylic acids is 2. The fourth-order valence-electron chi connectivity index (χ4n) is 3.68. The molecular formula is C18H19F2N5O3. The van der Waals surface area contributed by atoms with Crippen LogP contribution in [-0.4, -0.2) is 68.7 Å². The molecule has 0 saturated carbocycles. The number of hydrogen-bond donors (Lipinski definition) is 0. The topological polar surface area (TPSA) is 80.6 Å². The first kappa shape index (κ1) is 18.3. The van der Waals surface area contributed by atoms with E-state index in [0.29, 0.717) is 32.5 Å². The molecule has 0 bridgehead atoms. The summed E-state index contributed by atoms with van der Waals surface area (Å²) in [6.07, 6.45) is 4.28. The van der Waals surface area contributed by atoms with Crippen molar-refractivity contribution in [1.29, 1.82) is 0 Å². The summed E-state index contributed by atoms with van der Waals surface area (Å²) in [5, 5.41) is 4.07. The van der Waals surface area contributed by atoms with E-state index in [1.807, 2.05) is 0 Å². The van der Waals surface area contributed by atoms with Crippen molar-refractivity contribution in [2.75, 3.05) is 19.6 Å². The summed E-state index contributed by atoms with van der Waals surface area (Å²) in [4.78, 5) is 32.9. The van der Waals surface area contributed by atoms with Crippen LogP contribution in [0.2, 0.25) is 0 Å². The summed E-state index contributed by atoms with van der Waals surface area (Å²) in [7, 11) is 0. The Morgan fingerprint density at radius 1 is 1.21 bits per heavy atom. The van der Waals surface area contributed by atoms with Crippen LogP contribution >= 0.6 is 0 Å². The zero-order valence-electron chi connectivity index (χ0n) is 14.9. The molecule has 2 saturated heterocycles. The van der Waals surface area contributed by atoms with Crippen LogP contribution in [0.1, 0.15) is 29.2 Å². The Morgan fingerprint density at radius 2 is 2.00 bits per heavy atom. The summed E-state index contributed by atoms with van der Waals surface area (Å²) in [5.41, 5.74) is 0.0339. The van der Waals surface area contributed by atoms with Crippen LogP contribution in [0.5, 0.6) is 5.75 Å². The molecule has 0 spiro atoms. The molecule has 8 nitrogen and oxygen atoms in total.